The SMILES string of the molecule is COc1ccc(-n2nc(-c3ccccc3F)cc2C(=O)N2CCN(c3ccc([N+](=O)[O-])cc3)CC2)cc1. The van der Waals surface area contributed by atoms with Gasteiger partial charge >= 0.3 is 0 Å². The van der Waals surface area contributed by atoms with Crippen molar-refractivity contribution in [2.45, 2.75) is 0 Å². The predicted molar refractivity (Wildman–Crippen MR) is 137 cm³/mol. The highest BCUT2D eigenvalue weighted by molar-refractivity contribution is 5.94. The van der Waals surface area contributed by atoms with Crippen LogP contribution in [0.3, 0.4) is 0 Å². The number of hydrogen-bond donors (Lipinski definition) is 0. The number of methoxy groups -OCH3 is 1. The van der Waals surface area contributed by atoms with Gasteiger partial charge in [-0.1, -0.05) is 12.1 Å². The largest absolute Gasteiger partial charge is 0.497 e. The van der Waals surface area contributed by atoms with E-state index in [9.17, 15) is 19.3 Å². The fourth-order valence-corrected chi connectivity index (χ4v) is 4.37. The number of non-ortho nitro benzene ring substituents is 1. The summed E-state index contributed by atoms with van der Waals surface area (Å²) >= 11 is 0. The van der Waals surface area contributed by atoms with Crippen LogP contribution in [0.2, 0.25) is 0 Å². The lowest BCUT2D eigenvalue weighted by Crippen LogP contribution is -2.49. The lowest BCUT2D eigenvalue weighted by molar-refractivity contribution is -0.384. The van der Waals surface area contributed by atoms with Crippen LogP contribution in [0.1, 0.15) is 10.5 Å². The Morgan fingerprint density at radius 2 is 1.59 bits per heavy atom. The first-order valence-electron chi connectivity index (χ1n) is 11.7. The monoisotopic (exact) mass is 501 g/mol. The second-order valence-electron chi connectivity index (χ2n) is 8.56. The molecule has 1 amide bonds. The minimum atomic E-state index is -0.429. The van der Waals surface area contributed by atoms with Crippen LogP contribution in [0, 0.1) is 15.9 Å². The quantitative estimate of drug-likeness (QED) is 0.284. The maximum Gasteiger partial charge on any atom is 0.272 e. The Bertz CT molecular complexity index is 1430. The summed E-state index contributed by atoms with van der Waals surface area (Å²) in [6, 6.07) is 21.5. The van der Waals surface area contributed by atoms with Crippen LogP contribution in [-0.4, -0.2) is 58.8 Å². The first-order chi connectivity index (χ1) is 17.9. The van der Waals surface area contributed by atoms with Gasteiger partial charge in [0.25, 0.3) is 11.6 Å². The summed E-state index contributed by atoms with van der Waals surface area (Å²) in [5.41, 5.74) is 2.55. The summed E-state index contributed by atoms with van der Waals surface area (Å²) in [5.74, 6) is 0.0346. The summed E-state index contributed by atoms with van der Waals surface area (Å²) < 4.78 is 21.3. The van der Waals surface area contributed by atoms with Gasteiger partial charge in [0.2, 0.25) is 0 Å². The van der Waals surface area contributed by atoms with Crippen molar-refractivity contribution in [3.63, 3.8) is 0 Å². The molecular formula is C27H24FN5O4. The van der Waals surface area contributed by atoms with Crippen molar-refractivity contribution in [1.29, 1.82) is 0 Å². The number of nitrogens with zero attached hydrogens (tertiary/aromatic N) is 5. The lowest BCUT2D eigenvalue weighted by atomic mass is 10.1. The molecule has 1 fully saturated rings. The number of ether oxygens (including phenoxy) is 1. The van der Waals surface area contributed by atoms with E-state index >= 15 is 0 Å². The Morgan fingerprint density at radius 1 is 0.946 bits per heavy atom. The van der Waals surface area contributed by atoms with E-state index in [4.69, 9.17) is 4.74 Å². The molecule has 37 heavy (non-hydrogen) atoms. The molecule has 0 bridgehead atoms. The fourth-order valence-electron chi connectivity index (χ4n) is 4.37. The highest BCUT2D eigenvalue weighted by Crippen LogP contribution is 2.27. The zero-order chi connectivity index (χ0) is 25.9. The van der Waals surface area contributed by atoms with Gasteiger partial charge in [0, 0.05) is 49.6 Å². The number of amides is 1. The molecule has 3 aromatic carbocycles. The van der Waals surface area contributed by atoms with Crippen LogP contribution in [0.4, 0.5) is 15.8 Å². The third-order valence-corrected chi connectivity index (χ3v) is 6.39. The molecule has 188 valence electrons. The second kappa shape index (κ2) is 10.1. The Hall–Kier alpha value is -4.73. The number of benzene rings is 3. The summed E-state index contributed by atoms with van der Waals surface area (Å²) in [5, 5.41) is 15.5. The maximum absolute atomic E-state index is 14.5. The molecule has 1 aliphatic rings. The highest BCUT2D eigenvalue weighted by atomic mass is 19.1. The van der Waals surface area contributed by atoms with Crippen molar-refractivity contribution in [2.75, 3.05) is 38.2 Å². The van der Waals surface area contributed by atoms with Crippen LogP contribution in [0.15, 0.2) is 78.9 Å². The van der Waals surface area contributed by atoms with Crippen molar-refractivity contribution in [2.24, 2.45) is 0 Å². The maximum atomic E-state index is 14.5. The van der Waals surface area contributed by atoms with Crippen molar-refractivity contribution < 1.29 is 18.8 Å². The summed E-state index contributed by atoms with van der Waals surface area (Å²) in [6.45, 7) is 2.05. The van der Waals surface area contributed by atoms with Gasteiger partial charge in [0.15, 0.2) is 0 Å². The molecule has 0 saturated carbocycles. The van der Waals surface area contributed by atoms with E-state index in [0.29, 0.717) is 54.6 Å². The van der Waals surface area contributed by atoms with Gasteiger partial charge < -0.3 is 14.5 Å². The Labute approximate surface area is 212 Å². The predicted octanol–water partition coefficient (Wildman–Crippen LogP) is 4.56. The molecule has 5 rings (SSSR count). The number of carbonyl (C=O) groups excluding carboxylic acids is 1. The highest BCUT2D eigenvalue weighted by Gasteiger charge is 2.27. The van der Waals surface area contributed by atoms with Crippen LogP contribution in [0.25, 0.3) is 16.9 Å². The topological polar surface area (TPSA) is 93.7 Å². The van der Waals surface area contributed by atoms with Gasteiger partial charge in [-0.2, -0.15) is 5.10 Å². The van der Waals surface area contributed by atoms with E-state index in [0.717, 1.165) is 5.69 Å². The van der Waals surface area contributed by atoms with E-state index in [2.05, 4.69) is 10.00 Å². The lowest BCUT2D eigenvalue weighted by Gasteiger charge is -2.36. The molecule has 0 radical (unpaired) electrons. The number of piperazine rings is 1. The summed E-state index contributed by atoms with van der Waals surface area (Å²) in [4.78, 5) is 28.0. The van der Waals surface area contributed by atoms with Crippen LogP contribution in [0.5, 0.6) is 5.75 Å². The average molecular weight is 502 g/mol. The number of nitro groups is 1. The minimum Gasteiger partial charge on any atom is -0.497 e. The molecule has 0 unspecified atom stereocenters. The standard InChI is InChI=1S/C27H24FN5O4/c1-37-22-12-10-20(11-13-22)32-26(18-25(29-32)23-4-2-3-5-24(23)28)27(34)31-16-14-30(15-17-31)19-6-8-21(9-7-19)33(35)36/h2-13,18H,14-17H2,1H3. The molecule has 1 saturated heterocycles. The summed E-state index contributed by atoms with van der Waals surface area (Å²) in [6.07, 6.45) is 0. The number of rotatable bonds is 6. The Morgan fingerprint density at radius 3 is 2.22 bits per heavy atom. The van der Waals surface area contributed by atoms with E-state index in [1.54, 1.807) is 72.7 Å². The van der Waals surface area contributed by atoms with Crippen LogP contribution >= 0.6 is 0 Å². The van der Waals surface area contributed by atoms with Gasteiger partial charge in [-0.15, -0.1) is 0 Å². The van der Waals surface area contributed by atoms with E-state index < -0.39 is 10.7 Å². The Balaban J connectivity index is 1.40. The fraction of sp³-hybridized carbons (Fsp3) is 0.185. The molecule has 1 aliphatic heterocycles. The molecule has 1 aromatic heterocycles. The molecule has 10 heteroatoms. The number of carbonyl (C=O) groups is 1. The number of hydrogen-bond acceptors (Lipinski definition) is 6. The Kier molecular flexibility index (Phi) is 6.55. The third-order valence-electron chi connectivity index (χ3n) is 6.39. The zero-order valence-electron chi connectivity index (χ0n) is 20.1. The first-order valence-corrected chi connectivity index (χ1v) is 11.7. The van der Waals surface area contributed by atoms with Gasteiger partial charge in [-0.3, -0.25) is 14.9 Å². The molecular weight excluding hydrogens is 477 g/mol. The van der Waals surface area contributed by atoms with Crippen LogP contribution in [-0.2, 0) is 0 Å². The molecule has 2 heterocycles. The number of nitro benzene ring substituents is 1. The van der Waals surface area contributed by atoms with Gasteiger partial charge in [0.05, 0.1) is 23.4 Å². The van der Waals surface area contributed by atoms with Gasteiger partial charge in [-0.05, 0) is 54.6 Å². The number of anilines is 1. The molecule has 9 nitrogen and oxygen atoms in total. The van der Waals surface area contributed by atoms with Crippen LogP contribution < -0.4 is 9.64 Å². The van der Waals surface area contributed by atoms with Gasteiger partial charge in [-0.25, -0.2) is 9.07 Å². The number of halogens is 1. The van der Waals surface area contributed by atoms with Gasteiger partial charge in [0.1, 0.15) is 17.3 Å². The molecule has 0 aliphatic carbocycles. The second-order valence-corrected chi connectivity index (χ2v) is 8.56. The molecule has 0 atom stereocenters. The minimum absolute atomic E-state index is 0.0371. The molecule has 0 spiro atoms. The number of aromatic nitrogens is 2. The first kappa shape index (κ1) is 24.0. The molecule has 4 aromatic rings. The van der Waals surface area contributed by atoms with Crippen molar-refractivity contribution in [3.05, 3.63) is 100 Å². The third kappa shape index (κ3) is 4.86. The average Bonchev–Trinajstić information content (AvgIpc) is 3.38. The van der Waals surface area contributed by atoms with Crippen molar-refractivity contribution in [1.82, 2.24) is 14.7 Å². The zero-order valence-corrected chi connectivity index (χ0v) is 20.1. The van der Waals surface area contributed by atoms with Crippen molar-refractivity contribution >= 4 is 17.3 Å². The smallest absolute Gasteiger partial charge is 0.272 e. The van der Waals surface area contributed by atoms with E-state index in [-0.39, 0.29) is 11.6 Å². The molecule has 0 N–H and O–H groups in total. The normalized spacial score (nSPS) is 13.5. The van der Waals surface area contributed by atoms with Crippen molar-refractivity contribution in [3.8, 4) is 22.7 Å². The van der Waals surface area contributed by atoms with E-state index in [1.807, 2.05) is 0 Å². The summed E-state index contributed by atoms with van der Waals surface area (Å²) in [7, 11) is 1.57. The van der Waals surface area contributed by atoms with E-state index in [1.165, 1.54) is 22.9 Å².